The van der Waals surface area contributed by atoms with Crippen LogP contribution in [0.1, 0.15) is 35.6 Å². The fraction of sp³-hybridized carbons (Fsp3) is 0.256. The summed E-state index contributed by atoms with van der Waals surface area (Å²) in [6.45, 7) is 1.64. The minimum atomic E-state index is -1.03. The van der Waals surface area contributed by atoms with Gasteiger partial charge in [-0.3, -0.25) is 14.4 Å². The molecule has 4 aromatic carbocycles. The number of ether oxygens (including phenoxy) is 2. The largest absolute Gasteiger partial charge is 0.459 e. The third-order valence-corrected chi connectivity index (χ3v) is 7.59. The Balaban J connectivity index is 1.34. The molecular weight excluding hydrogens is 636 g/mol. The van der Waals surface area contributed by atoms with Gasteiger partial charge in [-0.25, -0.2) is 9.59 Å². The van der Waals surface area contributed by atoms with Crippen LogP contribution in [0.5, 0.6) is 0 Å². The number of hydrogen-bond acceptors (Lipinski definition) is 7. The smallest absolute Gasteiger partial charge is 0.407 e. The molecule has 4 amide bonds. The van der Waals surface area contributed by atoms with E-state index in [0.717, 1.165) is 22.3 Å². The van der Waals surface area contributed by atoms with Crippen LogP contribution in [0.3, 0.4) is 0 Å². The highest BCUT2D eigenvalue weighted by Gasteiger charge is 2.25. The number of alkyl carbamates (subject to hydrolysis) is 1. The fourth-order valence-corrected chi connectivity index (χ4v) is 5.01. The van der Waals surface area contributed by atoms with Crippen LogP contribution in [0.4, 0.5) is 4.79 Å². The first-order valence-electron chi connectivity index (χ1n) is 16.4. The van der Waals surface area contributed by atoms with Gasteiger partial charge in [0.15, 0.2) is 0 Å². The molecule has 0 bridgehead atoms. The van der Waals surface area contributed by atoms with Crippen LogP contribution in [0.2, 0.25) is 0 Å². The molecule has 0 aliphatic heterocycles. The van der Waals surface area contributed by atoms with Gasteiger partial charge in [0.05, 0.1) is 6.04 Å². The van der Waals surface area contributed by atoms with E-state index >= 15 is 0 Å². The maximum Gasteiger partial charge on any atom is 0.407 e. The maximum atomic E-state index is 13.5. The first kappa shape index (κ1) is 36.9. The van der Waals surface area contributed by atoms with Crippen molar-refractivity contribution in [2.75, 3.05) is 6.54 Å². The van der Waals surface area contributed by atoms with Gasteiger partial charge in [0, 0.05) is 13.0 Å². The van der Waals surface area contributed by atoms with Gasteiger partial charge in [0.2, 0.25) is 17.7 Å². The summed E-state index contributed by atoms with van der Waals surface area (Å²) in [5, 5.41) is 10.8. The van der Waals surface area contributed by atoms with Crippen molar-refractivity contribution < 1.29 is 33.4 Å². The summed E-state index contributed by atoms with van der Waals surface area (Å²) in [7, 11) is 0. The van der Waals surface area contributed by atoms with Crippen molar-refractivity contribution in [2.45, 2.75) is 57.5 Å². The molecule has 4 rings (SSSR count). The molecule has 0 saturated heterocycles. The van der Waals surface area contributed by atoms with Crippen molar-refractivity contribution >= 4 is 29.8 Å². The highest BCUT2D eigenvalue weighted by molar-refractivity contribution is 6.00. The minimum absolute atomic E-state index is 0.0401. The van der Waals surface area contributed by atoms with Crippen LogP contribution in [-0.2, 0) is 54.7 Å². The molecule has 0 aromatic heterocycles. The highest BCUT2D eigenvalue weighted by atomic mass is 16.5. The molecule has 0 saturated carbocycles. The molecule has 1 unspecified atom stereocenters. The Morgan fingerprint density at radius 2 is 1.02 bits per heavy atom. The molecule has 0 spiro atoms. The van der Waals surface area contributed by atoms with Crippen molar-refractivity contribution in [2.24, 2.45) is 0 Å². The molecule has 11 nitrogen and oxygen atoms in total. The number of rotatable bonds is 17. The summed E-state index contributed by atoms with van der Waals surface area (Å²) in [4.78, 5) is 64.3. The Labute approximate surface area is 291 Å². The summed E-state index contributed by atoms with van der Waals surface area (Å²) >= 11 is 0. The number of hydrogen-bond donors (Lipinski definition) is 4. The van der Waals surface area contributed by atoms with Gasteiger partial charge >= 0.3 is 12.1 Å². The van der Waals surface area contributed by atoms with Gasteiger partial charge in [0.25, 0.3) is 0 Å². The van der Waals surface area contributed by atoms with Crippen LogP contribution < -0.4 is 21.3 Å². The van der Waals surface area contributed by atoms with Gasteiger partial charge < -0.3 is 30.7 Å². The average molecular weight is 679 g/mol. The lowest BCUT2D eigenvalue weighted by molar-refractivity contribution is -0.149. The van der Waals surface area contributed by atoms with Crippen LogP contribution in [0.25, 0.3) is 0 Å². The van der Waals surface area contributed by atoms with Gasteiger partial charge in [-0.2, -0.15) is 0 Å². The standard InChI is InChI=1S/C39H42N4O7/c1-28(38(47)49-26-31-18-10-4-11-19-31)41-35(44)24-36(45)43-34(23-30-16-8-3-9-17-30)37(46)40-25-33(22-29-14-6-2-7-15-29)42-39(48)50-27-32-20-12-5-13-21-32/h2-21,28,33-34H,22-27H2,1H3,(H,40,46)(H,41,44)(H,42,48)(H,43,45)/t28-,33-,34?/m0/s1. The molecule has 0 heterocycles. The van der Waals surface area contributed by atoms with Crippen LogP contribution in [-0.4, -0.2) is 54.5 Å². The molecule has 4 aromatic rings. The Kier molecular flexibility index (Phi) is 14.6. The molecular formula is C39H42N4O7. The average Bonchev–Trinajstić information content (AvgIpc) is 3.13. The van der Waals surface area contributed by atoms with Crippen molar-refractivity contribution in [3.05, 3.63) is 144 Å². The number of esters is 1. The second-order valence-electron chi connectivity index (χ2n) is 11.7. The second-order valence-corrected chi connectivity index (χ2v) is 11.7. The lowest BCUT2D eigenvalue weighted by Crippen LogP contribution is -2.52. The normalized spacial score (nSPS) is 12.3. The number of carbonyl (C=O) groups is 5. The predicted octanol–water partition coefficient (Wildman–Crippen LogP) is 4.01. The van der Waals surface area contributed by atoms with E-state index in [1.54, 1.807) is 0 Å². The molecule has 0 radical (unpaired) electrons. The zero-order chi connectivity index (χ0) is 35.6. The predicted molar refractivity (Wildman–Crippen MR) is 187 cm³/mol. The van der Waals surface area contributed by atoms with E-state index in [2.05, 4.69) is 21.3 Å². The third kappa shape index (κ3) is 13.3. The minimum Gasteiger partial charge on any atom is -0.459 e. The second kappa shape index (κ2) is 19.8. The van der Waals surface area contributed by atoms with Crippen molar-refractivity contribution in [3.8, 4) is 0 Å². The quantitative estimate of drug-likeness (QED) is 0.0974. The van der Waals surface area contributed by atoms with Crippen LogP contribution in [0, 0.1) is 0 Å². The molecule has 260 valence electrons. The van der Waals surface area contributed by atoms with Crippen molar-refractivity contribution in [3.63, 3.8) is 0 Å². The number of carbonyl (C=O) groups excluding carboxylic acids is 5. The van der Waals surface area contributed by atoms with Gasteiger partial charge in [-0.05, 0) is 35.6 Å². The van der Waals surface area contributed by atoms with E-state index in [9.17, 15) is 24.0 Å². The molecule has 0 aliphatic carbocycles. The monoisotopic (exact) mass is 678 g/mol. The van der Waals surface area contributed by atoms with Gasteiger partial charge in [-0.15, -0.1) is 0 Å². The Bertz CT molecular complexity index is 1670. The molecule has 11 heteroatoms. The molecule has 50 heavy (non-hydrogen) atoms. The first-order chi connectivity index (χ1) is 24.2. The third-order valence-electron chi connectivity index (χ3n) is 7.59. The number of nitrogens with one attached hydrogen (secondary N) is 4. The number of amides is 4. The summed E-state index contributed by atoms with van der Waals surface area (Å²) in [6, 6.07) is 34.4. The van der Waals surface area contributed by atoms with Crippen molar-refractivity contribution in [1.29, 1.82) is 0 Å². The Hall–Kier alpha value is -5.97. The van der Waals surface area contributed by atoms with E-state index in [-0.39, 0.29) is 26.2 Å². The molecule has 4 N–H and O–H groups in total. The van der Waals surface area contributed by atoms with Gasteiger partial charge in [-0.1, -0.05) is 121 Å². The van der Waals surface area contributed by atoms with Crippen molar-refractivity contribution in [1.82, 2.24) is 21.3 Å². The summed E-state index contributed by atoms with van der Waals surface area (Å²) in [6.07, 6.45) is -0.690. The van der Waals surface area contributed by atoms with Crippen LogP contribution in [0.15, 0.2) is 121 Å². The lowest BCUT2D eigenvalue weighted by atomic mass is 10.0. The summed E-state index contributed by atoms with van der Waals surface area (Å²) in [5.41, 5.74) is 3.36. The summed E-state index contributed by atoms with van der Waals surface area (Å²) in [5.74, 6) is -2.55. The lowest BCUT2D eigenvalue weighted by Gasteiger charge is -2.23. The zero-order valence-electron chi connectivity index (χ0n) is 27.9. The summed E-state index contributed by atoms with van der Waals surface area (Å²) < 4.78 is 10.7. The Morgan fingerprint density at radius 3 is 1.56 bits per heavy atom. The van der Waals surface area contributed by atoms with E-state index in [0.29, 0.717) is 6.42 Å². The fourth-order valence-electron chi connectivity index (χ4n) is 5.01. The van der Waals surface area contributed by atoms with E-state index in [4.69, 9.17) is 9.47 Å². The van der Waals surface area contributed by atoms with E-state index in [1.807, 2.05) is 121 Å². The zero-order valence-corrected chi connectivity index (χ0v) is 27.9. The molecule has 3 atom stereocenters. The van der Waals surface area contributed by atoms with E-state index in [1.165, 1.54) is 6.92 Å². The topological polar surface area (TPSA) is 152 Å². The highest BCUT2D eigenvalue weighted by Crippen LogP contribution is 2.08. The SMILES string of the molecule is C[C@H](NC(=O)CC(=O)NC(Cc1ccccc1)C(=O)NC[C@H](Cc1ccccc1)NC(=O)OCc1ccccc1)C(=O)OCc1ccccc1. The molecule has 0 aliphatic rings. The number of benzene rings is 4. The van der Waals surface area contributed by atoms with E-state index < -0.39 is 54.3 Å². The Morgan fingerprint density at radius 1 is 0.560 bits per heavy atom. The first-order valence-corrected chi connectivity index (χ1v) is 16.4. The maximum absolute atomic E-state index is 13.5. The van der Waals surface area contributed by atoms with Crippen LogP contribution >= 0.6 is 0 Å². The van der Waals surface area contributed by atoms with Gasteiger partial charge in [0.1, 0.15) is 31.7 Å². The molecule has 0 fully saturated rings.